The number of anilines is 2. The van der Waals surface area contributed by atoms with Gasteiger partial charge in [-0.15, -0.1) is 0 Å². The molecule has 0 spiro atoms. The van der Waals surface area contributed by atoms with Gasteiger partial charge < -0.3 is 15.2 Å². The average molecular weight is 460 g/mol. The number of aryl methyl sites for hydroxylation is 1. The molecule has 0 aliphatic carbocycles. The number of amides is 1. The molecule has 34 heavy (non-hydrogen) atoms. The van der Waals surface area contributed by atoms with Gasteiger partial charge in [0, 0.05) is 42.3 Å². The van der Waals surface area contributed by atoms with Crippen molar-refractivity contribution in [2.24, 2.45) is 5.41 Å². The molecule has 0 unspecified atom stereocenters. The van der Waals surface area contributed by atoms with Gasteiger partial charge in [0.15, 0.2) is 0 Å². The second kappa shape index (κ2) is 10.2. The quantitative estimate of drug-likeness (QED) is 0.538. The van der Waals surface area contributed by atoms with Crippen molar-refractivity contribution in [1.29, 1.82) is 0 Å². The van der Waals surface area contributed by atoms with Crippen molar-refractivity contribution in [2.75, 3.05) is 23.3 Å². The Kier molecular flexibility index (Phi) is 7.10. The fraction of sp³-hybridized carbons (Fsp3) is 0.407. The summed E-state index contributed by atoms with van der Waals surface area (Å²) in [5, 5.41) is 2.75. The molecule has 0 saturated carbocycles. The van der Waals surface area contributed by atoms with Crippen LogP contribution in [0.4, 0.5) is 11.4 Å². The number of aromatic amines is 1. The summed E-state index contributed by atoms with van der Waals surface area (Å²) in [6.45, 7) is 8.69. The van der Waals surface area contributed by atoms with E-state index in [2.05, 4.69) is 41.0 Å². The number of pyridine rings is 1. The first-order valence-electron chi connectivity index (χ1n) is 12.0. The van der Waals surface area contributed by atoms with Gasteiger partial charge in [-0.2, -0.15) is 0 Å². The molecule has 0 atom stereocenters. The van der Waals surface area contributed by atoms with Crippen LogP contribution in [0.2, 0.25) is 0 Å². The maximum atomic E-state index is 12.8. The van der Waals surface area contributed by atoms with Gasteiger partial charge in [0.25, 0.3) is 11.5 Å². The summed E-state index contributed by atoms with van der Waals surface area (Å²) < 4.78 is 0. The number of hydrogen-bond acceptors (Lipinski definition) is 5. The third-order valence-corrected chi connectivity index (χ3v) is 6.11. The number of rotatable bonds is 6. The topological polar surface area (TPSA) is 91.0 Å². The third kappa shape index (κ3) is 6.10. The zero-order valence-electron chi connectivity index (χ0n) is 20.2. The van der Waals surface area contributed by atoms with Gasteiger partial charge in [-0.1, -0.05) is 20.8 Å². The molecule has 2 aromatic heterocycles. The molecule has 1 saturated heterocycles. The van der Waals surface area contributed by atoms with Crippen molar-refractivity contribution in [1.82, 2.24) is 15.0 Å². The normalized spacial score (nSPS) is 14.1. The number of carbonyl (C=O) groups is 1. The molecule has 3 heterocycles. The molecule has 178 valence electrons. The Morgan fingerprint density at radius 3 is 2.53 bits per heavy atom. The third-order valence-electron chi connectivity index (χ3n) is 6.11. The largest absolute Gasteiger partial charge is 0.372 e. The highest BCUT2D eigenvalue weighted by atomic mass is 16.2. The second-order valence-electron chi connectivity index (χ2n) is 10.1. The summed E-state index contributed by atoms with van der Waals surface area (Å²) >= 11 is 0. The van der Waals surface area contributed by atoms with E-state index in [0.717, 1.165) is 37.3 Å². The minimum Gasteiger partial charge on any atom is -0.372 e. The molecule has 7 heteroatoms. The molecule has 0 radical (unpaired) electrons. The zero-order valence-corrected chi connectivity index (χ0v) is 20.2. The first-order valence-corrected chi connectivity index (χ1v) is 12.0. The number of benzene rings is 1. The summed E-state index contributed by atoms with van der Waals surface area (Å²) in [7, 11) is 0. The van der Waals surface area contributed by atoms with Crippen LogP contribution in [0, 0.1) is 5.41 Å². The van der Waals surface area contributed by atoms with Gasteiger partial charge in [-0.25, -0.2) is 4.98 Å². The molecule has 1 aliphatic rings. The number of H-pyrrole nitrogens is 1. The monoisotopic (exact) mass is 459 g/mol. The van der Waals surface area contributed by atoms with Crippen LogP contribution in [-0.2, 0) is 6.42 Å². The maximum Gasteiger partial charge on any atom is 0.271 e. The van der Waals surface area contributed by atoms with E-state index in [-0.39, 0.29) is 22.6 Å². The highest BCUT2D eigenvalue weighted by molar-refractivity contribution is 6.04. The SMILES string of the molecule is CC(C)(C)CCc1cncc(-c2c[nH]c(=O)c(NC(=O)c3ccc(N4CCCCC4)cc3)c2)n1. The lowest BCUT2D eigenvalue weighted by atomic mass is 9.90. The molecule has 7 nitrogen and oxygen atoms in total. The summed E-state index contributed by atoms with van der Waals surface area (Å²) in [6.07, 6.45) is 10.5. The van der Waals surface area contributed by atoms with Crippen LogP contribution in [0.5, 0.6) is 0 Å². The van der Waals surface area contributed by atoms with E-state index in [4.69, 9.17) is 4.98 Å². The molecule has 1 aliphatic heterocycles. The molecule has 1 fully saturated rings. The van der Waals surface area contributed by atoms with Crippen LogP contribution < -0.4 is 15.8 Å². The van der Waals surface area contributed by atoms with Gasteiger partial charge in [0.2, 0.25) is 0 Å². The van der Waals surface area contributed by atoms with E-state index in [9.17, 15) is 9.59 Å². The fourth-order valence-corrected chi connectivity index (χ4v) is 4.06. The van der Waals surface area contributed by atoms with Crippen molar-refractivity contribution in [2.45, 2.75) is 52.9 Å². The first kappa shape index (κ1) is 23.7. The first-order chi connectivity index (χ1) is 16.3. The Balaban J connectivity index is 1.48. The van der Waals surface area contributed by atoms with E-state index >= 15 is 0 Å². The lowest BCUT2D eigenvalue weighted by molar-refractivity contribution is 0.102. The zero-order chi connectivity index (χ0) is 24.1. The molecule has 1 amide bonds. The van der Waals surface area contributed by atoms with E-state index in [1.807, 2.05) is 24.3 Å². The van der Waals surface area contributed by atoms with E-state index < -0.39 is 0 Å². The Hall–Kier alpha value is -3.48. The number of carbonyl (C=O) groups excluding carboxylic acids is 1. The molecular formula is C27H33N5O2. The van der Waals surface area contributed by atoms with Crippen LogP contribution in [0.3, 0.4) is 0 Å². The maximum absolute atomic E-state index is 12.8. The van der Waals surface area contributed by atoms with Crippen LogP contribution in [0.15, 0.2) is 53.7 Å². The second-order valence-corrected chi connectivity index (χ2v) is 10.1. The number of piperidine rings is 1. The number of aromatic nitrogens is 3. The highest BCUT2D eigenvalue weighted by Crippen LogP contribution is 2.23. The van der Waals surface area contributed by atoms with Crippen LogP contribution in [0.1, 0.15) is 62.5 Å². The van der Waals surface area contributed by atoms with Crippen LogP contribution in [0.25, 0.3) is 11.3 Å². The minimum absolute atomic E-state index is 0.185. The number of nitrogens with zero attached hydrogens (tertiary/aromatic N) is 3. The summed E-state index contributed by atoms with van der Waals surface area (Å²) in [6, 6.07) is 9.21. The minimum atomic E-state index is -0.362. The van der Waals surface area contributed by atoms with Crippen molar-refractivity contribution >= 4 is 17.3 Å². The number of nitrogens with one attached hydrogen (secondary N) is 2. The van der Waals surface area contributed by atoms with Crippen molar-refractivity contribution in [3.05, 3.63) is 70.5 Å². The predicted octanol–water partition coefficient (Wildman–Crippen LogP) is 5.05. The molecule has 3 aromatic rings. The number of hydrogen-bond donors (Lipinski definition) is 2. The van der Waals surface area contributed by atoms with E-state index in [0.29, 0.717) is 16.8 Å². The van der Waals surface area contributed by atoms with Crippen molar-refractivity contribution < 1.29 is 4.79 Å². The van der Waals surface area contributed by atoms with Crippen LogP contribution in [-0.4, -0.2) is 33.9 Å². The lowest BCUT2D eigenvalue weighted by Gasteiger charge is -2.28. The van der Waals surface area contributed by atoms with Crippen LogP contribution >= 0.6 is 0 Å². The van der Waals surface area contributed by atoms with Crippen molar-refractivity contribution in [3.8, 4) is 11.3 Å². The Morgan fingerprint density at radius 2 is 1.82 bits per heavy atom. The average Bonchev–Trinajstić information content (AvgIpc) is 2.84. The lowest BCUT2D eigenvalue weighted by Crippen LogP contribution is -2.29. The summed E-state index contributed by atoms with van der Waals surface area (Å²) in [4.78, 5) is 39.3. The highest BCUT2D eigenvalue weighted by Gasteiger charge is 2.15. The molecular weight excluding hydrogens is 426 g/mol. The fourth-order valence-electron chi connectivity index (χ4n) is 4.06. The van der Waals surface area contributed by atoms with Gasteiger partial charge in [-0.05, 0) is 67.9 Å². The Morgan fingerprint density at radius 1 is 1.09 bits per heavy atom. The molecule has 0 bridgehead atoms. The van der Waals surface area contributed by atoms with Gasteiger partial charge in [0.1, 0.15) is 5.69 Å². The summed E-state index contributed by atoms with van der Waals surface area (Å²) in [5.74, 6) is -0.321. The molecule has 4 rings (SSSR count). The van der Waals surface area contributed by atoms with E-state index in [1.165, 1.54) is 19.3 Å². The van der Waals surface area contributed by atoms with Crippen molar-refractivity contribution in [3.63, 3.8) is 0 Å². The Bertz CT molecular complexity index is 1190. The van der Waals surface area contributed by atoms with Gasteiger partial charge in [0.05, 0.1) is 17.6 Å². The van der Waals surface area contributed by atoms with Gasteiger partial charge in [-0.3, -0.25) is 14.6 Å². The Labute approximate surface area is 200 Å². The van der Waals surface area contributed by atoms with Gasteiger partial charge >= 0.3 is 0 Å². The predicted molar refractivity (Wildman–Crippen MR) is 136 cm³/mol. The molecule has 2 N–H and O–H groups in total. The standard InChI is InChI=1S/C27H33N5O2/c1-27(2,3)12-11-21-17-28-18-24(30-21)20-15-23(26(34)29-16-20)31-25(33)19-7-9-22(10-8-19)32-13-5-4-6-14-32/h7-10,15-18H,4-6,11-14H2,1-3H3,(H,29,34)(H,31,33). The van der Waals surface area contributed by atoms with E-state index in [1.54, 1.807) is 24.7 Å². The summed E-state index contributed by atoms with van der Waals surface area (Å²) in [5.41, 5.74) is 3.92. The smallest absolute Gasteiger partial charge is 0.271 e. The molecule has 1 aromatic carbocycles.